The van der Waals surface area contributed by atoms with Gasteiger partial charge in [-0.05, 0) is 76.6 Å². The Labute approximate surface area is 194 Å². The third-order valence-corrected chi connectivity index (χ3v) is 6.11. The Balaban J connectivity index is 1.42. The first-order chi connectivity index (χ1) is 15.9. The lowest BCUT2D eigenvalue weighted by atomic mass is 9.96. The van der Waals surface area contributed by atoms with Gasteiger partial charge in [0.05, 0.1) is 12.1 Å². The predicted molar refractivity (Wildman–Crippen MR) is 126 cm³/mol. The summed E-state index contributed by atoms with van der Waals surface area (Å²) in [6.45, 7) is 8.68. The summed E-state index contributed by atoms with van der Waals surface area (Å²) in [5.74, 6) is 0.622. The normalized spacial score (nSPS) is 16.5. The second-order valence-electron chi connectivity index (χ2n) is 8.81. The Morgan fingerprint density at radius 1 is 1.06 bits per heavy atom. The number of piperidine rings is 1. The summed E-state index contributed by atoms with van der Waals surface area (Å²) in [7, 11) is 0. The lowest BCUT2D eigenvalue weighted by Crippen LogP contribution is -2.35. The number of hydrogen-bond donors (Lipinski definition) is 1. The number of likely N-dealkylation sites (tertiary alicyclic amines) is 1. The average molecular weight is 448 g/mol. The second-order valence-corrected chi connectivity index (χ2v) is 8.81. The largest absolute Gasteiger partial charge is 0.326 e. The van der Waals surface area contributed by atoms with E-state index in [-0.39, 0.29) is 24.1 Å². The van der Waals surface area contributed by atoms with Gasteiger partial charge in [0.1, 0.15) is 11.6 Å². The van der Waals surface area contributed by atoms with Gasteiger partial charge in [0, 0.05) is 47.3 Å². The summed E-state index contributed by atoms with van der Waals surface area (Å²) in [6.07, 6.45) is 2.34. The van der Waals surface area contributed by atoms with Crippen LogP contribution in [0.1, 0.15) is 52.9 Å². The Bertz CT molecular complexity index is 1110. The number of anilines is 1. The van der Waals surface area contributed by atoms with Crippen LogP contribution in [-0.2, 0) is 17.8 Å². The zero-order valence-electron chi connectivity index (χ0n) is 19.4. The van der Waals surface area contributed by atoms with Crippen LogP contribution in [-0.4, -0.2) is 38.8 Å². The van der Waals surface area contributed by atoms with Crippen LogP contribution in [0.2, 0.25) is 0 Å². The van der Waals surface area contributed by atoms with Gasteiger partial charge >= 0.3 is 0 Å². The maximum atomic E-state index is 13.1. The van der Waals surface area contributed by atoms with E-state index in [2.05, 4.69) is 27.3 Å². The SMILES string of the molecule is Cc1cccc(CN2CCC[C@@H](c3nc(C)c(CC(=O)Nc4ccc(F)cc4)c(C)n3)C2)n1. The maximum Gasteiger partial charge on any atom is 0.228 e. The summed E-state index contributed by atoms with van der Waals surface area (Å²) in [5.41, 5.74) is 5.21. The number of nitrogens with one attached hydrogen (secondary N) is 1. The average Bonchev–Trinajstić information content (AvgIpc) is 2.78. The van der Waals surface area contributed by atoms with Crippen molar-refractivity contribution in [3.8, 4) is 0 Å². The van der Waals surface area contributed by atoms with Gasteiger partial charge in [-0.25, -0.2) is 14.4 Å². The molecular weight excluding hydrogens is 417 g/mol. The molecule has 1 amide bonds. The molecule has 0 radical (unpaired) electrons. The molecule has 0 unspecified atom stereocenters. The minimum absolute atomic E-state index is 0.168. The molecule has 4 rings (SSSR count). The fourth-order valence-electron chi connectivity index (χ4n) is 4.43. The number of rotatable bonds is 6. The van der Waals surface area contributed by atoms with Crippen molar-refractivity contribution in [3.05, 3.63) is 82.4 Å². The first-order valence-corrected chi connectivity index (χ1v) is 11.4. The van der Waals surface area contributed by atoms with E-state index < -0.39 is 0 Å². The molecule has 0 aliphatic carbocycles. The molecule has 1 saturated heterocycles. The topological polar surface area (TPSA) is 71.0 Å². The summed E-state index contributed by atoms with van der Waals surface area (Å²) >= 11 is 0. The summed E-state index contributed by atoms with van der Waals surface area (Å²) in [4.78, 5) is 29.2. The highest BCUT2D eigenvalue weighted by molar-refractivity contribution is 5.92. The first kappa shape index (κ1) is 23.0. The zero-order chi connectivity index (χ0) is 23.4. The summed E-state index contributed by atoms with van der Waals surface area (Å²) < 4.78 is 13.1. The number of benzene rings is 1. The molecule has 3 heterocycles. The predicted octanol–water partition coefficient (Wildman–Crippen LogP) is 4.50. The number of amides is 1. The minimum Gasteiger partial charge on any atom is -0.326 e. The molecule has 1 atom stereocenters. The molecule has 0 spiro atoms. The lowest BCUT2D eigenvalue weighted by molar-refractivity contribution is -0.115. The number of carbonyl (C=O) groups excluding carboxylic acids is 1. The third kappa shape index (κ3) is 5.99. The molecule has 6 nitrogen and oxygen atoms in total. The van der Waals surface area contributed by atoms with E-state index in [0.717, 1.165) is 66.6 Å². The molecule has 0 saturated carbocycles. The Morgan fingerprint density at radius 3 is 2.48 bits per heavy atom. The molecule has 1 aliphatic heterocycles. The Kier molecular flexibility index (Phi) is 7.08. The fraction of sp³-hybridized carbons (Fsp3) is 0.385. The quantitative estimate of drug-likeness (QED) is 0.603. The summed E-state index contributed by atoms with van der Waals surface area (Å²) in [6, 6.07) is 11.9. The van der Waals surface area contributed by atoms with Crippen molar-refractivity contribution >= 4 is 11.6 Å². The zero-order valence-corrected chi connectivity index (χ0v) is 19.4. The number of carbonyl (C=O) groups is 1. The number of hydrogen-bond acceptors (Lipinski definition) is 5. The molecule has 2 aromatic heterocycles. The van der Waals surface area contributed by atoms with Crippen molar-refractivity contribution in [3.63, 3.8) is 0 Å². The summed E-state index contributed by atoms with van der Waals surface area (Å²) in [5, 5.41) is 2.81. The number of nitrogens with zero attached hydrogens (tertiary/aromatic N) is 4. The number of pyridine rings is 1. The first-order valence-electron chi connectivity index (χ1n) is 11.4. The van der Waals surface area contributed by atoms with Crippen LogP contribution < -0.4 is 5.32 Å². The molecule has 7 heteroatoms. The van der Waals surface area contributed by atoms with E-state index in [1.54, 1.807) is 12.1 Å². The fourth-order valence-corrected chi connectivity index (χ4v) is 4.43. The highest BCUT2D eigenvalue weighted by atomic mass is 19.1. The molecular formula is C26H30FN5O. The van der Waals surface area contributed by atoms with Gasteiger partial charge in [-0.2, -0.15) is 0 Å². The van der Waals surface area contributed by atoms with Crippen LogP contribution in [0.3, 0.4) is 0 Å². The van der Waals surface area contributed by atoms with E-state index in [1.165, 1.54) is 12.1 Å². The van der Waals surface area contributed by atoms with Crippen molar-refractivity contribution in [2.75, 3.05) is 18.4 Å². The number of aryl methyl sites for hydroxylation is 3. The van der Waals surface area contributed by atoms with Crippen molar-refractivity contribution in [2.24, 2.45) is 0 Å². The van der Waals surface area contributed by atoms with Gasteiger partial charge in [-0.3, -0.25) is 14.7 Å². The molecule has 1 aromatic carbocycles. The van der Waals surface area contributed by atoms with Gasteiger partial charge in [0.15, 0.2) is 0 Å². The van der Waals surface area contributed by atoms with E-state index in [9.17, 15) is 9.18 Å². The van der Waals surface area contributed by atoms with E-state index in [1.807, 2.05) is 26.8 Å². The van der Waals surface area contributed by atoms with Gasteiger partial charge in [0.25, 0.3) is 0 Å². The highest BCUT2D eigenvalue weighted by Gasteiger charge is 2.25. The van der Waals surface area contributed by atoms with Crippen LogP contribution >= 0.6 is 0 Å². The van der Waals surface area contributed by atoms with Gasteiger partial charge in [-0.15, -0.1) is 0 Å². The monoisotopic (exact) mass is 447 g/mol. The molecule has 0 bridgehead atoms. The van der Waals surface area contributed by atoms with Crippen molar-refractivity contribution in [1.29, 1.82) is 0 Å². The second kappa shape index (κ2) is 10.2. The van der Waals surface area contributed by atoms with Crippen LogP contribution in [0.15, 0.2) is 42.5 Å². The van der Waals surface area contributed by atoms with Crippen molar-refractivity contribution in [2.45, 2.75) is 52.5 Å². The molecule has 33 heavy (non-hydrogen) atoms. The van der Waals surface area contributed by atoms with E-state index in [0.29, 0.717) is 5.69 Å². The van der Waals surface area contributed by atoms with Gasteiger partial charge in [0.2, 0.25) is 5.91 Å². The third-order valence-electron chi connectivity index (χ3n) is 6.11. The highest BCUT2D eigenvalue weighted by Crippen LogP contribution is 2.27. The molecule has 1 fully saturated rings. The number of halogens is 1. The van der Waals surface area contributed by atoms with E-state index >= 15 is 0 Å². The van der Waals surface area contributed by atoms with Crippen molar-refractivity contribution < 1.29 is 9.18 Å². The standard InChI is InChI=1S/C26H30FN5O/c1-17-6-4-8-23(28-17)16-32-13-5-7-20(15-32)26-29-18(2)24(19(3)30-26)14-25(33)31-22-11-9-21(27)10-12-22/h4,6,8-12,20H,5,7,13-16H2,1-3H3,(H,31,33)/t20-/m1/s1. The molecule has 3 aromatic rings. The van der Waals surface area contributed by atoms with Crippen LogP contribution in [0.4, 0.5) is 10.1 Å². The lowest BCUT2D eigenvalue weighted by Gasteiger charge is -2.32. The number of aromatic nitrogens is 3. The van der Waals surface area contributed by atoms with Gasteiger partial charge in [-0.1, -0.05) is 6.07 Å². The molecule has 1 N–H and O–H groups in total. The van der Waals surface area contributed by atoms with Gasteiger partial charge < -0.3 is 5.32 Å². The molecule has 1 aliphatic rings. The molecule has 172 valence electrons. The maximum absolute atomic E-state index is 13.1. The van der Waals surface area contributed by atoms with Crippen LogP contribution in [0.25, 0.3) is 0 Å². The van der Waals surface area contributed by atoms with Crippen LogP contribution in [0.5, 0.6) is 0 Å². The Hall–Kier alpha value is -3.19. The minimum atomic E-state index is -0.333. The Morgan fingerprint density at radius 2 is 1.79 bits per heavy atom. The van der Waals surface area contributed by atoms with Crippen LogP contribution in [0, 0.1) is 26.6 Å². The van der Waals surface area contributed by atoms with Crippen molar-refractivity contribution in [1.82, 2.24) is 19.9 Å². The van der Waals surface area contributed by atoms with E-state index in [4.69, 9.17) is 9.97 Å². The smallest absolute Gasteiger partial charge is 0.228 e.